The molecule has 8 nitrogen and oxygen atoms in total. The molecule has 3 amide bonds. The van der Waals surface area contributed by atoms with Gasteiger partial charge in [0, 0.05) is 47.8 Å². The lowest BCUT2D eigenvalue weighted by Gasteiger charge is -2.29. The fraction of sp³-hybridized carbons (Fsp3) is 0.536. The molecule has 1 aliphatic heterocycles. The van der Waals surface area contributed by atoms with Crippen molar-refractivity contribution in [3.63, 3.8) is 0 Å². The van der Waals surface area contributed by atoms with Crippen molar-refractivity contribution in [2.45, 2.75) is 83.0 Å². The van der Waals surface area contributed by atoms with Crippen molar-refractivity contribution in [2.24, 2.45) is 5.92 Å². The molecule has 1 aromatic carbocycles. The number of amides is 3. The highest BCUT2D eigenvalue weighted by atomic mass is 19.3. The van der Waals surface area contributed by atoms with E-state index in [1.54, 1.807) is 32.9 Å². The molecular formula is C28H34F4N4O4. The van der Waals surface area contributed by atoms with Crippen LogP contribution < -0.4 is 25.0 Å². The summed E-state index contributed by atoms with van der Waals surface area (Å²) in [6, 6.07) is 2.00. The molecule has 4 rings (SSSR count). The smallest absolute Gasteiger partial charge is 0.315 e. The van der Waals surface area contributed by atoms with Crippen LogP contribution in [-0.2, 0) is 4.79 Å². The first-order chi connectivity index (χ1) is 19.0. The molecular weight excluding hydrogens is 532 g/mol. The van der Waals surface area contributed by atoms with Crippen LogP contribution in [0.15, 0.2) is 30.5 Å². The van der Waals surface area contributed by atoms with Crippen molar-refractivity contribution in [1.82, 2.24) is 15.6 Å². The van der Waals surface area contributed by atoms with Gasteiger partial charge in [0.2, 0.25) is 6.43 Å². The quantitative estimate of drug-likeness (QED) is 0.431. The normalized spacial score (nSPS) is 24.9. The van der Waals surface area contributed by atoms with Crippen LogP contribution in [0.5, 0.6) is 11.5 Å². The van der Waals surface area contributed by atoms with Gasteiger partial charge in [0.1, 0.15) is 23.4 Å². The van der Waals surface area contributed by atoms with E-state index < -0.39 is 53.9 Å². The number of alkyl halides is 2. The third-order valence-electron chi connectivity index (χ3n) is 7.50. The van der Waals surface area contributed by atoms with Gasteiger partial charge >= 0.3 is 6.03 Å². The number of urea groups is 1. The van der Waals surface area contributed by atoms with Crippen LogP contribution >= 0.6 is 0 Å². The summed E-state index contributed by atoms with van der Waals surface area (Å²) in [6.45, 7) is 5.23. The number of hydrogen-bond acceptors (Lipinski definition) is 5. The maximum absolute atomic E-state index is 15.3. The van der Waals surface area contributed by atoms with Crippen molar-refractivity contribution < 1.29 is 36.6 Å². The average molecular weight is 567 g/mol. The Morgan fingerprint density at radius 2 is 1.75 bits per heavy atom. The second-order valence-corrected chi connectivity index (χ2v) is 10.5. The Hall–Kier alpha value is -3.57. The molecule has 2 aliphatic rings. The minimum absolute atomic E-state index is 0.0356. The van der Waals surface area contributed by atoms with Crippen molar-refractivity contribution in [3.05, 3.63) is 47.7 Å². The van der Waals surface area contributed by atoms with Gasteiger partial charge in [-0.1, -0.05) is 0 Å². The molecule has 40 heavy (non-hydrogen) atoms. The number of rotatable bonds is 8. The fourth-order valence-electron chi connectivity index (χ4n) is 5.59. The molecule has 218 valence electrons. The maximum Gasteiger partial charge on any atom is 0.315 e. The number of aromatic nitrogens is 1. The Bertz CT molecular complexity index is 1200. The number of carbonyl (C=O) groups is 2. The van der Waals surface area contributed by atoms with Gasteiger partial charge in [-0.15, -0.1) is 0 Å². The molecule has 1 saturated heterocycles. The van der Waals surface area contributed by atoms with Gasteiger partial charge in [-0.3, -0.25) is 9.69 Å². The third kappa shape index (κ3) is 6.10. The third-order valence-corrected chi connectivity index (χ3v) is 7.50. The first-order valence-corrected chi connectivity index (χ1v) is 13.3. The van der Waals surface area contributed by atoms with E-state index in [1.165, 1.54) is 18.2 Å². The molecule has 1 unspecified atom stereocenters. The Balaban J connectivity index is 1.66. The fourth-order valence-corrected chi connectivity index (χ4v) is 5.59. The van der Waals surface area contributed by atoms with Crippen molar-refractivity contribution in [2.75, 3.05) is 12.0 Å². The SMILES string of the molecule is COc1cc(F)c([C@H]2C(NC(=O)NC3CCC(C(F)F)CC3)C(=O)N(c3ncccc3OC(C)C)[C@H]2C)c(F)c1. The first kappa shape index (κ1) is 29.4. The minimum atomic E-state index is -2.41. The molecule has 1 aliphatic carbocycles. The lowest BCUT2D eigenvalue weighted by molar-refractivity contribution is -0.118. The molecule has 3 atom stereocenters. The van der Waals surface area contributed by atoms with E-state index in [4.69, 9.17) is 9.47 Å². The van der Waals surface area contributed by atoms with E-state index in [0.29, 0.717) is 18.6 Å². The highest BCUT2D eigenvalue weighted by Gasteiger charge is 2.51. The van der Waals surface area contributed by atoms with E-state index in [1.807, 2.05) is 0 Å². The summed E-state index contributed by atoms with van der Waals surface area (Å²) in [4.78, 5) is 32.5. The monoisotopic (exact) mass is 566 g/mol. The topological polar surface area (TPSA) is 92.8 Å². The first-order valence-electron chi connectivity index (χ1n) is 13.3. The number of hydrogen-bond donors (Lipinski definition) is 2. The number of nitrogens with one attached hydrogen (secondary N) is 2. The summed E-state index contributed by atoms with van der Waals surface area (Å²) in [5.74, 6) is -3.93. The van der Waals surface area contributed by atoms with Gasteiger partial charge in [-0.2, -0.15) is 0 Å². The molecule has 0 radical (unpaired) electrons. The Labute approximate surface area is 230 Å². The second-order valence-electron chi connectivity index (χ2n) is 10.5. The van der Waals surface area contributed by atoms with Crippen molar-refractivity contribution in [1.29, 1.82) is 0 Å². The lowest BCUT2D eigenvalue weighted by Crippen LogP contribution is -2.51. The van der Waals surface area contributed by atoms with Gasteiger partial charge in [-0.25, -0.2) is 27.3 Å². The number of methoxy groups -OCH3 is 1. The molecule has 2 fully saturated rings. The summed E-state index contributed by atoms with van der Waals surface area (Å²) >= 11 is 0. The Kier molecular flexibility index (Phi) is 9.05. The molecule has 0 bridgehead atoms. The highest BCUT2D eigenvalue weighted by Crippen LogP contribution is 2.42. The zero-order valence-electron chi connectivity index (χ0n) is 22.8. The van der Waals surface area contributed by atoms with Crippen molar-refractivity contribution in [3.8, 4) is 11.5 Å². The van der Waals surface area contributed by atoms with Crippen LogP contribution in [0.3, 0.4) is 0 Å². The van der Waals surface area contributed by atoms with Crippen LogP contribution in [0.4, 0.5) is 28.2 Å². The number of benzene rings is 1. The lowest BCUT2D eigenvalue weighted by atomic mass is 9.86. The van der Waals surface area contributed by atoms with Crippen LogP contribution in [0, 0.1) is 17.6 Å². The molecule has 1 aromatic heterocycles. The number of anilines is 1. The molecule has 2 aromatic rings. The summed E-state index contributed by atoms with van der Waals surface area (Å²) < 4.78 is 67.5. The zero-order valence-corrected chi connectivity index (χ0v) is 22.8. The zero-order chi connectivity index (χ0) is 29.1. The summed E-state index contributed by atoms with van der Waals surface area (Å²) in [7, 11) is 1.28. The van der Waals surface area contributed by atoms with Crippen LogP contribution in [0.2, 0.25) is 0 Å². The Morgan fingerprint density at radius 3 is 2.33 bits per heavy atom. The van der Waals surface area contributed by atoms with E-state index in [0.717, 1.165) is 12.1 Å². The minimum Gasteiger partial charge on any atom is -0.497 e. The number of nitrogens with zero attached hydrogens (tertiary/aromatic N) is 2. The largest absolute Gasteiger partial charge is 0.497 e. The van der Waals surface area contributed by atoms with E-state index in [9.17, 15) is 18.4 Å². The number of ether oxygens (including phenoxy) is 2. The number of pyridine rings is 1. The predicted molar refractivity (Wildman–Crippen MR) is 140 cm³/mol. The highest BCUT2D eigenvalue weighted by molar-refractivity contribution is 6.03. The standard InChI is InChI=1S/C28H34F4N4O4/c1-14(2)40-21-6-5-11-33-26(21)36-15(3)22(23-19(29)12-18(39-4)13-20(23)30)24(27(36)37)35-28(38)34-17-9-7-16(8-10-17)25(31)32/h5-6,11-17,22,24-25H,7-10H2,1-4H3,(H2,34,35,38)/t15-,16?,17?,22-,24?/m0/s1. The van der Waals surface area contributed by atoms with Gasteiger partial charge in [0.15, 0.2) is 11.6 Å². The van der Waals surface area contributed by atoms with Crippen molar-refractivity contribution >= 4 is 17.8 Å². The van der Waals surface area contributed by atoms with E-state index in [2.05, 4.69) is 15.6 Å². The van der Waals surface area contributed by atoms with E-state index in [-0.39, 0.29) is 42.1 Å². The molecule has 2 N–H and O–H groups in total. The van der Waals surface area contributed by atoms with Gasteiger partial charge in [-0.05, 0) is 58.6 Å². The maximum atomic E-state index is 15.3. The second kappa shape index (κ2) is 12.3. The molecule has 12 heteroatoms. The van der Waals surface area contributed by atoms with E-state index >= 15 is 8.78 Å². The predicted octanol–water partition coefficient (Wildman–Crippen LogP) is 5.17. The summed E-state index contributed by atoms with van der Waals surface area (Å²) in [5.41, 5.74) is -0.380. The molecule has 1 saturated carbocycles. The van der Waals surface area contributed by atoms with Crippen LogP contribution in [-0.4, -0.2) is 54.7 Å². The van der Waals surface area contributed by atoms with Crippen LogP contribution in [0.25, 0.3) is 0 Å². The average Bonchev–Trinajstić information content (AvgIpc) is 3.12. The molecule has 2 heterocycles. The number of carbonyl (C=O) groups excluding carboxylic acids is 2. The molecule has 0 spiro atoms. The van der Waals surface area contributed by atoms with Gasteiger partial charge in [0.25, 0.3) is 5.91 Å². The van der Waals surface area contributed by atoms with Gasteiger partial charge < -0.3 is 20.1 Å². The Morgan fingerprint density at radius 1 is 1.10 bits per heavy atom. The van der Waals surface area contributed by atoms with Gasteiger partial charge in [0.05, 0.1) is 13.2 Å². The number of halogens is 4. The summed E-state index contributed by atoms with van der Waals surface area (Å²) in [6.07, 6.45) is 0.0531. The summed E-state index contributed by atoms with van der Waals surface area (Å²) in [5, 5.41) is 5.35. The van der Waals surface area contributed by atoms with Crippen LogP contribution in [0.1, 0.15) is 57.9 Å².